The fourth-order valence-corrected chi connectivity index (χ4v) is 2.99. The maximum absolute atomic E-state index is 13.2. The Balaban J connectivity index is 1.92. The second-order valence-corrected chi connectivity index (χ2v) is 6.04. The summed E-state index contributed by atoms with van der Waals surface area (Å²) < 4.78 is 0. The lowest BCUT2D eigenvalue weighted by Crippen LogP contribution is -2.52. The van der Waals surface area contributed by atoms with Gasteiger partial charge in [-0.25, -0.2) is 0 Å². The number of rotatable bonds is 3. The summed E-state index contributed by atoms with van der Waals surface area (Å²) in [6.45, 7) is 2.35. The van der Waals surface area contributed by atoms with E-state index in [1.807, 2.05) is 59.6 Å². The maximum atomic E-state index is 13.2. The van der Waals surface area contributed by atoms with Crippen LogP contribution in [-0.4, -0.2) is 22.3 Å². The zero-order chi connectivity index (χ0) is 16.3. The van der Waals surface area contributed by atoms with E-state index >= 15 is 0 Å². The predicted molar refractivity (Wildman–Crippen MR) is 90.4 cm³/mol. The van der Waals surface area contributed by atoms with E-state index in [2.05, 4.69) is 11.1 Å². The fourth-order valence-electron chi connectivity index (χ4n) is 2.99. The van der Waals surface area contributed by atoms with Crippen LogP contribution in [0.3, 0.4) is 0 Å². The molecule has 1 aliphatic heterocycles. The lowest BCUT2D eigenvalue weighted by atomic mass is 9.89. The molecule has 1 aromatic heterocycles. The molecule has 2 aromatic rings. The monoisotopic (exact) mass is 307 g/mol. The first-order valence-corrected chi connectivity index (χ1v) is 7.81. The minimum absolute atomic E-state index is 0.0206. The summed E-state index contributed by atoms with van der Waals surface area (Å²) in [6, 6.07) is 13.4. The SMILES string of the molecule is C[C@](N)(C(=O)N1CC=CC[C@@H]1c1cccnc1)c1ccccc1. The van der Waals surface area contributed by atoms with E-state index in [9.17, 15) is 4.79 Å². The van der Waals surface area contributed by atoms with Gasteiger partial charge in [-0.1, -0.05) is 48.6 Å². The Labute approximate surface area is 136 Å². The molecule has 1 amide bonds. The van der Waals surface area contributed by atoms with E-state index in [1.165, 1.54) is 0 Å². The van der Waals surface area contributed by atoms with Crippen molar-refractivity contribution in [2.24, 2.45) is 5.73 Å². The molecular formula is C19H21N3O. The van der Waals surface area contributed by atoms with Crippen molar-refractivity contribution in [2.75, 3.05) is 6.54 Å². The molecule has 0 saturated heterocycles. The van der Waals surface area contributed by atoms with Crippen molar-refractivity contribution < 1.29 is 4.79 Å². The Hall–Kier alpha value is -2.46. The van der Waals surface area contributed by atoms with E-state index in [0.717, 1.165) is 17.5 Å². The van der Waals surface area contributed by atoms with Gasteiger partial charge in [0.25, 0.3) is 0 Å². The highest BCUT2D eigenvalue weighted by Gasteiger charge is 2.38. The van der Waals surface area contributed by atoms with Crippen LogP contribution < -0.4 is 5.73 Å². The molecular weight excluding hydrogens is 286 g/mol. The Morgan fingerprint density at radius 3 is 2.70 bits per heavy atom. The third-order valence-corrected chi connectivity index (χ3v) is 4.35. The van der Waals surface area contributed by atoms with Crippen LogP contribution in [0.25, 0.3) is 0 Å². The Morgan fingerprint density at radius 1 is 1.22 bits per heavy atom. The molecule has 1 aromatic carbocycles. The van der Waals surface area contributed by atoms with Gasteiger partial charge in [-0.15, -0.1) is 0 Å². The van der Waals surface area contributed by atoms with E-state index < -0.39 is 5.54 Å². The summed E-state index contributed by atoms with van der Waals surface area (Å²) in [5, 5.41) is 0. The van der Waals surface area contributed by atoms with Crippen molar-refractivity contribution in [3.63, 3.8) is 0 Å². The van der Waals surface area contributed by atoms with Crippen molar-refractivity contribution in [3.05, 3.63) is 78.1 Å². The van der Waals surface area contributed by atoms with Gasteiger partial charge in [-0.05, 0) is 30.5 Å². The van der Waals surface area contributed by atoms with Crippen LogP contribution in [0.15, 0.2) is 67.0 Å². The summed E-state index contributed by atoms with van der Waals surface area (Å²) >= 11 is 0. The molecule has 2 atom stereocenters. The molecule has 4 heteroatoms. The Kier molecular flexibility index (Phi) is 4.26. The largest absolute Gasteiger partial charge is 0.330 e. The summed E-state index contributed by atoms with van der Waals surface area (Å²) in [7, 11) is 0. The van der Waals surface area contributed by atoms with Crippen LogP contribution in [0.1, 0.15) is 30.5 Å². The van der Waals surface area contributed by atoms with Gasteiger partial charge >= 0.3 is 0 Å². The number of carbonyl (C=O) groups is 1. The summed E-state index contributed by atoms with van der Waals surface area (Å²) in [4.78, 5) is 19.2. The maximum Gasteiger partial charge on any atom is 0.247 e. The molecule has 0 radical (unpaired) electrons. The first kappa shape index (κ1) is 15.4. The number of amides is 1. The van der Waals surface area contributed by atoms with Crippen LogP contribution in [0.4, 0.5) is 0 Å². The van der Waals surface area contributed by atoms with Crippen molar-refractivity contribution >= 4 is 5.91 Å². The molecule has 0 fully saturated rings. The van der Waals surface area contributed by atoms with Gasteiger partial charge in [0.15, 0.2) is 0 Å². The van der Waals surface area contributed by atoms with Crippen molar-refractivity contribution in [1.29, 1.82) is 0 Å². The highest BCUT2D eigenvalue weighted by molar-refractivity contribution is 5.87. The molecule has 1 aliphatic rings. The third kappa shape index (κ3) is 3.03. The van der Waals surface area contributed by atoms with Crippen molar-refractivity contribution in [2.45, 2.75) is 24.9 Å². The van der Waals surface area contributed by atoms with E-state index in [0.29, 0.717) is 6.54 Å². The van der Waals surface area contributed by atoms with Gasteiger partial charge in [0.2, 0.25) is 5.91 Å². The summed E-state index contributed by atoms with van der Waals surface area (Å²) in [6.07, 6.45) is 8.47. The average Bonchev–Trinajstić information content (AvgIpc) is 2.62. The molecule has 0 spiro atoms. The highest BCUT2D eigenvalue weighted by atomic mass is 16.2. The van der Waals surface area contributed by atoms with E-state index in [4.69, 9.17) is 5.73 Å². The van der Waals surface area contributed by atoms with E-state index in [-0.39, 0.29) is 11.9 Å². The number of nitrogens with zero attached hydrogens (tertiary/aromatic N) is 2. The van der Waals surface area contributed by atoms with Gasteiger partial charge in [0, 0.05) is 18.9 Å². The number of carbonyl (C=O) groups excluding carboxylic acids is 1. The molecule has 0 aliphatic carbocycles. The number of pyridine rings is 1. The standard InChI is InChI=1S/C19H21N3O/c1-19(20,16-9-3-2-4-10-16)18(23)22-13-6-5-11-17(22)15-8-7-12-21-14-15/h2-10,12,14,17H,11,13,20H2,1H3/t17-,19-/m1/s1. The number of nitrogens with two attached hydrogens (primary N) is 1. The van der Waals surface area contributed by atoms with Gasteiger partial charge in [0.1, 0.15) is 5.54 Å². The first-order valence-electron chi connectivity index (χ1n) is 7.81. The molecule has 0 unspecified atom stereocenters. The van der Waals surface area contributed by atoms with Gasteiger partial charge in [0.05, 0.1) is 6.04 Å². The van der Waals surface area contributed by atoms with Crippen LogP contribution in [0.5, 0.6) is 0 Å². The first-order chi connectivity index (χ1) is 11.1. The smallest absolute Gasteiger partial charge is 0.247 e. The molecule has 3 rings (SSSR count). The normalized spacial score (nSPS) is 20.1. The zero-order valence-corrected chi connectivity index (χ0v) is 13.2. The number of hydrogen-bond acceptors (Lipinski definition) is 3. The molecule has 4 nitrogen and oxygen atoms in total. The van der Waals surface area contributed by atoms with Crippen LogP contribution in [-0.2, 0) is 10.3 Å². The van der Waals surface area contributed by atoms with Crippen molar-refractivity contribution in [1.82, 2.24) is 9.88 Å². The highest BCUT2D eigenvalue weighted by Crippen LogP contribution is 2.31. The average molecular weight is 307 g/mol. The molecule has 2 N–H and O–H groups in total. The topological polar surface area (TPSA) is 59.2 Å². The lowest BCUT2D eigenvalue weighted by Gasteiger charge is -2.38. The summed E-state index contributed by atoms with van der Waals surface area (Å²) in [5.74, 6) is -0.0677. The molecule has 2 heterocycles. The van der Waals surface area contributed by atoms with Gasteiger partial charge in [-0.2, -0.15) is 0 Å². The molecule has 0 saturated carbocycles. The second kappa shape index (κ2) is 6.34. The lowest BCUT2D eigenvalue weighted by molar-refractivity contribution is -0.139. The van der Waals surface area contributed by atoms with Crippen LogP contribution in [0, 0.1) is 0 Å². The zero-order valence-electron chi connectivity index (χ0n) is 13.2. The summed E-state index contributed by atoms with van der Waals surface area (Å²) in [5.41, 5.74) is 7.23. The number of aromatic nitrogens is 1. The predicted octanol–water partition coefficient (Wildman–Crippen LogP) is 2.79. The fraction of sp³-hybridized carbons (Fsp3) is 0.263. The van der Waals surface area contributed by atoms with Crippen molar-refractivity contribution in [3.8, 4) is 0 Å². The Morgan fingerprint density at radius 2 is 2.00 bits per heavy atom. The van der Waals surface area contributed by atoms with Gasteiger partial charge < -0.3 is 10.6 Å². The minimum atomic E-state index is -1.05. The third-order valence-electron chi connectivity index (χ3n) is 4.35. The van der Waals surface area contributed by atoms with Gasteiger partial charge in [-0.3, -0.25) is 9.78 Å². The number of benzene rings is 1. The minimum Gasteiger partial charge on any atom is -0.330 e. The van der Waals surface area contributed by atoms with Crippen LogP contribution in [0.2, 0.25) is 0 Å². The second-order valence-electron chi connectivity index (χ2n) is 6.04. The Bertz CT molecular complexity index is 695. The van der Waals surface area contributed by atoms with E-state index in [1.54, 1.807) is 13.1 Å². The number of hydrogen-bond donors (Lipinski definition) is 1. The van der Waals surface area contributed by atoms with Crippen LogP contribution >= 0.6 is 0 Å². The molecule has 0 bridgehead atoms. The molecule has 118 valence electrons. The molecule has 23 heavy (non-hydrogen) atoms. The quantitative estimate of drug-likeness (QED) is 0.887.